The Hall–Kier alpha value is -4.39. The molecule has 1 aromatic heterocycles. The normalized spacial score (nSPS) is 10.6. The number of anilines is 1. The summed E-state index contributed by atoms with van der Waals surface area (Å²) in [6.07, 6.45) is 3.30. The molecule has 178 valence electrons. The summed E-state index contributed by atoms with van der Waals surface area (Å²) in [6, 6.07) is 20.6. The molecule has 0 aliphatic heterocycles. The molecule has 0 unspecified atom stereocenters. The Kier molecular flexibility index (Phi) is 7.26. The van der Waals surface area contributed by atoms with Gasteiger partial charge < -0.3 is 14.8 Å². The molecular formula is C28H27N3O4. The first-order valence-corrected chi connectivity index (χ1v) is 11.2. The van der Waals surface area contributed by atoms with Gasteiger partial charge in [0.1, 0.15) is 12.4 Å². The van der Waals surface area contributed by atoms with Gasteiger partial charge in [0.15, 0.2) is 0 Å². The first kappa shape index (κ1) is 23.8. The van der Waals surface area contributed by atoms with Crippen LogP contribution in [0.1, 0.15) is 43.0 Å². The summed E-state index contributed by atoms with van der Waals surface area (Å²) in [5.41, 5.74) is 5.52. The zero-order valence-corrected chi connectivity index (χ0v) is 19.9. The number of esters is 1. The summed E-state index contributed by atoms with van der Waals surface area (Å²) in [7, 11) is 1.35. The van der Waals surface area contributed by atoms with Gasteiger partial charge in [0.2, 0.25) is 0 Å². The highest BCUT2D eigenvalue weighted by Gasteiger charge is 2.13. The Morgan fingerprint density at radius 2 is 1.66 bits per heavy atom. The second-order valence-corrected chi connectivity index (χ2v) is 8.24. The van der Waals surface area contributed by atoms with Gasteiger partial charge in [-0.05, 0) is 54.3 Å². The van der Waals surface area contributed by atoms with Crippen molar-refractivity contribution < 1.29 is 19.1 Å². The molecule has 1 heterocycles. The molecule has 35 heavy (non-hydrogen) atoms. The highest BCUT2D eigenvalue weighted by molar-refractivity contribution is 6.04. The molecule has 4 aromatic rings. The van der Waals surface area contributed by atoms with E-state index < -0.39 is 5.97 Å². The summed E-state index contributed by atoms with van der Waals surface area (Å²) >= 11 is 0. The van der Waals surface area contributed by atoms with Crippen LogP contribution >= 0.6 is 0 Å². The van der Waals surface area contributed by atoms with E-state index in [1.807, 2.05) is 56.3 Å². The van der Waals surface area contributed by atoms with Gasteiger partial charge in [-0.2, -0.15) is 5.10 Å². The van der Waals surface area contributed by atoms with Crippen molar-refractivity contribution in [1.82, 2.24) is 9.78 Å². The Morgan fingerprint density at radius 1 is 0.943 bits per heavy atom. The van der Waals surface area contributed by atoms with Crippen LogP contribution in [-0.2, 0) is 17.9 Å². The van der Waals surface area contributed by atoms with Gasteiger partial charge in [0.05, 0.1) is 31.1 Å². The predicted octanol–water partition coefficient (Wildman–Crippen LogP) is 5.17. The van der Waals surface area contributed by atoms with Crippen molar-refractivity contribution in [2.24, 2.45) is 0 Å². The monoisotopic (exact) mass is 469 g/mol. The molecule has 1 amide bonds. The SMILES string of the molecule is COC(=O)c1ccccc1Cn1cc(NC(=O)c2ccc(COc3c(C)cccc3C)cc2)cn1. The number of nitrogens with one attached hydrogen (secondary N) is 1. The lowest BCUT2D eigenvalue weighted by Crippen LogP contribution is -2.12. The highest BCUT2D eigenvalue weighted by atomic mass is 16.5. The number of aromatic nitrogens is 2. The van der Waals surface area contributed by atoms with E-state index in [9.17, 15) is 9.59 Å². The minimum Gasteiger partial charge on any atom is -0.488 e. The third-order valence-corrected chi connectivity index (χ3v) is 5.65. The number of para-hydroxylation sites is 1. The number of rotatable bonds is 8. The molecule has 0 radical (unpaired) electrons. The van der Waals surface area contributed by atoms with Crippen LogP contribution in [0.15, 0.2) is 79.1 Å². The maximum absolute atomic E-state index is 12.7. The molecule has 3 aromatic carbocycles. The minimum absolute atomic E-state index is 0.235. The number of hydrogen-bond acceptors (Lipinski definition) is 5. The molecule has 7 heteroatoms. The molecule has 0 spiro atoms. The first-order chi connectivity index (χ1) is 16.9. The van der Waals surface area contributed by atoms with E-state index in [0.29, 0.717) is 30.0 Å². The number of hydrogen-bond donors (Lipinski definition) is 1. The average Bonchev–Trinajstić information content (AvgIpc) is 3.30. The van der Waals surface area contributed by atoms with Gasteiger partial charge in [0.25, 0.3) is 5.91 Å². The second kappa shape index (κ2) is 10.7. The summed E-state index contributed by atoms with van der Waals surface area (Å²) in [6.45, 7) is 4.84. The van der Waals surface area contributed by atoms with Gasteiger partial charge in [-0.1, -0.05) is 48.5 Å². The number of carbonyl (C=O) groups is 2. The fourth-order valence-electron chi connectivity index (χ4n) is 3.79. The van der Waals surface area contributed by atoms with Gasteiger partial charge in [0, 0.05) is 11.8 Å². The van der Waals surface area contributed by atoms with Crippen molar-refractivity contribution in [1.29, 1.82) is 0 Å². The number of benzene rings is 3. The molecule has 0 saturated carbocycles. The Labute approximate surface area is 204 Å². The summed E-state index contributed by atoms with van der Waals surface area (Å²) in [5.74, 6) is 0.256. The summed E-state index contributed by atoms with van der Waals surface area (Å²) < 4.78 is 12.5. The number of amides is 1. The van der Waals surface area contributed by atoms with Crippen molar-refractivity contribution in [3.63, 3.8) is 0 Å². The largest absolute Gasteiger partial charge is 0.488 e. The van der Waals surface area contributed by atoms with Crippen LogP contribution in [0, 0.1) is 13.8 Å². The van der Waals surface area contributed by atoms with Crippen LogP contribution in [0.2, 0.25) is 0 Å². The van der Waals surface area contributed by atoms with E-state index in [1.165, 1.54) is 7.11 Å². The van der Waals surface area contributed by atoms with Crippen molar-refractivity contribution in [2.75, 3.05) is 12.4 Å². The molecule has 4 rings (SSSR count). The molecule has 0 bridgehead atoms. The highest BCUT2D eigenvalue weighted by Crippen LogP contribution is 2.23. The zero-order chi connectivity index (χ0) is 24.8. The van der Waals surface area contributed by atoms with Crippen molar-refractivity contribution >= 4 is 17.6 Å². The van der Waals surface area contributed by atoms with Crippen molar-refractivity contribution in [3.05, 3.63) is 113 Å². The fourth-order valence-corrected chi connectivity index (χ4v) is 3.79. The van der Waals surface area contributed by atoms with E-state index in [0.717, 1.165) is 28.0 Å². The van der Waals surface area contributed by atoms with Crippen LogP contribution in [0.4, 0.5) is 5.69 Å². The average molecular weight is 470 g/mol. The molecular weight excluding hydrogens is 442 g/mol. The second-order valence-electron chi connectivity index (χ2n) is 8.24. The number of aryl methyl sites for hydroxylation is 2. The fraction of sp³-hybridized carbons (Fsp3) is 0.179. The van der Waals surface area contributed by atoms with Crippen LogP contribution in [0.5, 0.6) is 5.75 Å². The van der Waals surface area contributed by atoms with Crippen molar-refractivity contribution in [2.45, 2.75) is 27.0 Å². The number of ether oxygens (including phenoxy) is 2. The molecule has 0 saturated heterocycles. The first-order valence-electron chi connectivity index (χ1n) is 11.2. The molecule has 0 aliphatic carbocycles. The number of methoxy groups -OCH3 is 1. The smallest absolute Gasteiger partial charge is 0.338 e. The molecule has 7 nitrogen and oxygen atoms in total. The van der Waals surface area contributed by atoms with E-state index >= 15 is 0 Å². The maximum Gasteiger partial charge on any atom is 0.338 e. The van der Waals surface area contributed by atoms with Crippen LogP contribution < -0.4 is 10.1 Å². The Morgan fingerprint density at radius 3 is 2.37 bits per heavy atom. The van der Waals surface area contributed by atoms with Crippen molar-refractivity contribution in [3.8, 4) is 5.75 Å². The lowest BCUT2D eigenvalue weighted by Gasteiger charge is -2.12. The van der Waals surface area contributed by atoms with Gasteiger partial charge in [-0.3, -0.25) is 9.48 Å². The topological polar surface area (TPSA) is 82.5 Å². The number of nitrogens with zero attached hydrogens (tertiary/aromatic N) is 2. The van der Waals surface area contributed by atoms with Gasteiger partial charge in [-0.15, -0.1) is 0 Å². The maximum atomic E-state index is 12.7. The molecule has 1 N–H and O–H groups in total. The summed E-state index contributed by atoms with van der Waals surface area (Å²) in [4.78, 5) is 24.7. The zero-order valence-electron chi connectivity index (χ0n) is 19.9. The van der Waals surface area contributed by atoms with Crippen LogP contribution in [0.3, 0.4) is 0 Å². The Bertz CT molecular complexity index is 1320. The van der Waals surface area contributed by atoms with Gasteiger partial charge in [-0.25, -0.2) is 4.79 Å². The van der Waals surface area contributed by atoms with Gasteiger partial charge >= 0.3 is 5.97 Å². The third kappa shape index (κ3) is 5.76. The lowest BCUT2D eigenvalue weighted by molar-refractivity contribution is 0.0599. The third-order valence-electron chi connectivity index (χ3n) is 5.65. The minimum atomic E-state index is -0.399. The van der Waals surface area contributed by atoms with E-state index in [2.05, 4.69) is 10.4 Å². The van der Waals surface area contributed by atoms with E-state index in [4.69, 9.17) is 9.47 Å². The summed E-state index contributed by atoms with van der Waals surface area (Å²) in [5, 5.41) is 7.16. The lowest BCUT2D eigenvalue weighted by atomic mass is 10.1. The predicted molar refractivity (Wildman–Crippen MR) is 134 cm³/mol. The van der Waals surface area contributed by atoms with E-state index in [-0.39, 0.29) is 5.91 Å². The van der Waals surface area contributed by atoms with Crippen LogP contribution in [-0.4, -0.2) is 28.8 Å². The standard InChI is InChI=1S/C28H27N3O4/c1-19-7-6-8-20(2)26(19)35-18-21-11-13-22(14-12-21)27(32)30-24-15-29-31(17-24)16-23-9-4-5-10-25(23)28(33)34-3/h4-15,17H,16,18H2,1-3H3,(H,30,32). The quantitative estimate of drug-likeness (QED) is 0.360. The number of carbonyl (C=O) groups excluding carboxylic acids is 2. The van der Waals surface area contributed by atoms with Crippen LogP contribution in [0.25, 0.3) is 0 Å². The Balaban J connectivity index is 1.36. The van der Waals surface area contributed by atoms with E-state index in [1.54, 1.807) is 41.3 Å². The molecule has 0 atom stereocenters. The molecule has 0 fully saturated rings. The molecule has 0 aliphatic rings.